The SMILES string of the molecule is N=C(N)c1ccc(Cl)cc1OCCCCCO. The second-order valence-corrected chi connectivity index (χ2v) is 4.12. The minimum atomic E-state index is -0.0352. The molecule has 0 aliphatic carbocycles. The van der Waals surface area contributed by atoms with Crippen molar-refractivity contribution >= 4 is 17.4 Å². The summed E-state index contributed by atoms with van der Waals surface area (Å²) in [5, 5.41) is 16.6. The maximum absolute atomic E-state index is 8.63. The lowest BCUT2D eigenvalue weighted by atomic mass is 10.2. The molecule has 0 saturated carbocycles. The molecule has 4 nitrogen and oxygen atoms in total. The van der Waals surface area contributed by atoms with Crippen LogP contribution in [0.3, 0.4) is 0 Å². The molecule has 0 spiro atoms. The van der Waals surface area contributed by atoms with Crippen molar-refractivity contribution in [1.82, 2.24) is 0 Å². The van der Waals surface area contributed by atoms with Crippen molar-refractivity contribution in [2.75, 3.05) is 13.2 Å². The molecular weight excluding hydrogens is 240 g/mol. The van der Waals surface area contributed by atoms with E-state index in [1.807, 2.05) is 0 Å². The van der Waals surface area contributed by atoms with Gasteiger partial charge in [0.25, 0.3) is 0 Å². The van der Waals surface area contributed by atoms with Crippen LogP contribution in [0.2, 0.25) is 5.02 Å². The van der Waals surface area contributed by atoms with Gasteiger partial charge in [0.05, 0.1) is 12.2 Å². The molecule has 0 aliphatic heterocycles. The van der Waals surface area contributed by atoms with Crippen LogP contribution in [0.5, 0.6) is 5.75 Å². The van der Waals surface area contributed by atoms with Gasteiger partial charge in [0, 0.05) is 11.6 Å². The first kappa shape index (κ1) is 13.8. The van der Waals surface area contributed by atoms with Crippen LogP contribution < -0.4 is 10.5 Å². The third-order valence-electron chi connectivity index (χ3n) is 2.29. The van der Waals surface area contributed by atoms with Crippen LogP contribution in [0, 0.1) is 5.41 Å². The molecule has 1 aromatic rings. The molecule has 0 unspecified atom stereocenters. The second-order valence-electron chi connectivity index (χ2n) is 3.69. The number of halogens is 1. The minimum Gasteiger partial charge on any atom is -0.493 e. The van der Waals surface area contributed by atoms with Crippen LogP contribution in [0.1, 0.15) is 24.8 Å². The molecule has 0 bridgehead atoms. The van der Waals surface area contributed by atoms with E-state index in [1.54, 1.807) is 18.2 Å². The summed E-state index contributed by atoms with van der Waals surface area (Å²) in [4.78, 5) is 0. The van der Waals surface area contributed by atoms with E-state index >= 15 is 0 Å². The van der Waals surface area contributed by atoms with Crippen LogP contribution in [-0.2, 0) is 0 Å². The van der Waals surface area contributed by atoms with Gasteiger partial charge in [-0.25, -0.2) is 0 Å². The number of rotatable bonds is 7. The van der Waals surface area contributed by atoms with Gasteiger partial charge in [0.1, 0.15) is 11.6 Å². The van der Waals surface area contributed by atoms with Crippen molar-refractivity contribution in [2.45, 2.75) is 19.3 Å². The minimum absolute atomic E-state index is 0.0352. The van der Waals surface area contributed by atoms with Gasteiger partial charge in [-0.15, -0.1) is 0 Å². The van der Waals surface area contributed by atoms with Crippen molar-refractivity contribution in [1.29, 1.82) is 5.41 Å². The molecule has 0 amide bonds. The summed E-state index contributed by atoms with van der Waals surface area (Å²) in [5.74, 6) is 0.501. The van der Waals surface area contributed by atoms with Crippen molar-refractivity contribution in [3.8, 4) is 5.75 Å². The van der Waals surface area contributed by atoms with Gasteiger partial charge >= 0.3 is 0 Å². The smallest absolute Gasteiger partial charge is 0.131 e. The lowest BCUT2D eigenvalue weighted by Crippen LogP contribution is -2.13. The van der Waals surface area contributed by atoms with Crippen LogP contribution in [0.15, 0.2) is 18.2 Å². The average Bonchev–Trinajstić information content (AvgIpc) is 2.28. The monoisotopic (exact) mass is 256 g/mol. The normalized spacial score (nSPS) is 10.2. The van der Waals surface area contributed by atoms with Crippen LogP contribution in [0.25, 0.3) is 0 Å². The van der Waals surface area contributed by atoms with Crippen molar-refractivity contribution in [3.63, 3.8) is 0 Å². The number of aliphatic hydroxyl groups excluding tert-OH is 1. The second kappa shape index (κ2) is 7.14. The highest BCUT2D eigenvalue weighted by molar-refractivity contribution is 6.30. The highest BCUT2D eigenvalue weighted by atomic mass is 35.5. The van der Waals surface area contributed by atoms with Crippen molar-refractivity contribution in [2.24, 2.45) is 5.73 Å². The summed E-state index contributed by atoms with van der Waals surface area (Å²) < 4.78 is 5.54. The van der Waals surface area contributed by atoms with Gasteiger partial charge < -0.3 is 15.6 Å². The lowest BCUT2D eigenvalue weighted by molar-refractivity contribution is 0.266. The summed E-state index contributed by atoms with van der Waals surface area (Å²) in [6.07, 6.45) is 2.54. The molecular formula is C12H17ClN2O2. The molecule has 94 valence electrons. The van der Waals surface area contributed by atoms with E-state index < -0.39 is 0 Å². The van der Waals surface area contributed by atoms with E-state index in [0.29, 0.717) is 22.9 Å². The quantitative estimate of drug-likeness (QED) is 0.397. The molecule has 17 heavy (non-hydrogen) atoms. The lowest BCUT2D eigenvalue weighted by Gasteiger charge is -2.10. The summed E-state index contributed by atoms with van der Waals surface area (Å²) in [6.45, 7) is 0.733. The molecule has 0 saturated heterocycles. The van der Waals surface area contributed by atoms with Crippen LogP contribution in [-0.4, -0.2) is 24.2 Å². The molecule has 0 heterocycles. The van der Waals surface area contributed by atoms with Crippen LogP contribution in [0.4, 0.5) is 0 Å². The van der Waals surface area contributed by atoms with Gasteiger partial charge in [-0.1, -0.05) is 11.6 Å². The van der Waals surface area contributed by atoms with E-state index in [2.05, 4.69) is 0 Å². The molecule has 1 aromatic carbocycles. The van der Waals surface area contributed by atoms with Crippen molar-refractivity contribution in [3.05, 3.63) is 28.8 Å². The zero-order valence-corrected chi connectivity index (χ0v) is 10.3. The van der Waals surface area contributed by atoms with E-state index in [1.165, 1.54) is 0 Å². The standard InChI is InChI=1S/C12H17ClN2O2/c13-9-4-5-10(12(14)15)11(8-9)17-7-3-1-2-6-16/h4-5,8,16H,1-3,6-7H2,(H3,14,15). The fraction of sp³-hybridized carbons (Fsp3) is 0.417. The molecule has 4 N–H and O–H groups in total. The third-order valence-corrected chi connectivity index (χ3v) is 2.53. The molecule has 0 fully saturated rings. The number of amidine groups is 1. The fourth-order valence-corrected chi connectivity index (χ4v) is 1.57. The number of aliphatic hydroxyl groups is 1. The van der Waals surface area contributed by atoms with E-state index in [4.69, 9.17) is 32.6 Å². The average molecular weight is 257 g/mol. The Labute approximate surface area is 106 Å². The Hall–Kier alpha value is -1.26. The molecule has 0 radical (unpaired) electrons. The zero-order valence-electron chi connectivity index (χ0n) is 9.58. The number of hydrogen-bond acceptors (Lipinski definition) is 3. The molecule has 0 aliphatic rings. The Bertz CT molecular complexity index is 383. The van der Waals surface area contributed by atoms with E-state index in [0.717, 1.165) is 19.3 Å². The summed E-state index contributed by atoms with van der Waals surface area (Å²) >= 11 is 5.86. The maximum atomic E-state index is 8.63. The Morgan fingerprint density at radius 3 is 2.76 bits per heavy atom. The summed E-state index contributed by atoms with van der Waals surface area (Å²) in [5.41, 5.74) is 6.00. The highest BCUT2D eigenvalue weighted by Crippen LogP contribution is 2.23. The number of hydrogen-bond donors (Lipinski definition) is 3. The number of nitrogens with two attached hydrogens (primary N) is 1. The Morgan fingerprint density at radius 2 is 2.12 bits per heavy atom. The van der Waals surface area contributed by atoms with Gasteiger partial charge in [-0.05, 0) is 37.5 Å². The Balaban J connectivity index is 2.56. The van der Waals surface area contributed by atoms with Crippen LogP contribution >= 0.6 is 11.6 Å². The molecule has 5 heteroatoms. The van der Waals surface area contributed by atoms with Gasteiger partial charge in [-0.2, -0.15) is 0 Å². The van der Waals surface area contributed by atoms with Gasteiger partial charge in [-0.3, -0.25) is 5.41 Å². The largest absolute Gasteiger partial charge is 0.493 e. The first-order valence-corrected chi connectivity index (χ1v) is 5.90. The predicted molar refractivity (Wildman–Crippen MR) is 68.9 cm³/mol. The summed E-state index contributed by atoms with van der Waals surface area (Å²) in [6, 6.07) is 5.01. The molecule has 0 atom stereocenters. The molecule has 1 rings (SSSR count). The first-order valence-electron chi connectivity index (χ1n) is 5.52. The topological polar surface area (TPSA) is 79.3 Å². The zero-order chi connectivity index (χ0) is 12.7. The van der Waals surface area contributed by atoms with Gasteiger partial charge in [0.15, 0.2) is 0 Å². The Kier molecular flexibility index (Phi) is 5.80. The third kappa shape index (κ3) is 4.63. The number of unbranched alkanes of at least 4 members (excludes halogenated alkanes) is 2. The number of benzene rings is 1. The van der Waals surface area contributed by atoms with Crippen molar-refractivity contribution < 1.29 is 9.84 Å². The number of nitrogen functional groups attached to an aromatic ring is 1. The van der Waals surface area contributed by atoms with E-state index in [-0.39, 0.29) is 12.4 Å². The summed E-state index contributed by atoms with van der Waals surface area (Å²) in [7, 11) is 0. The first-order chi connectivity index (χ1) is 8.15. The van der Waals surface area contributed by atoms with E-state index in [9.17, 15) is 0 Å². The Morgan fingerprint density at radius 1 is 1.35 bits per heavy atom. The maximum Gasteiger partial charge on any atom is 0.131 e. The fourth-order valence-electron chi connectivity index (χ4n) is 1.41. The number of ether oxygens (including phenoxy) is 1. The number of nitrogens with one attached hydrogen (secondary N) is 1. The van der Waals surface area contributed by atoms with Gasteiger partial charge in [0.2, 0.25) is 0 Å². The molecule has 0 aromatic heterocycles. The highest BCUT2D eigenvalue weighted by Gasteiger charge is 2.07. The predicted octanol–water partition coefficient (Wildman–Crippen LogP) is 2.17.